The average molecular weight is 396 g/mol. The van der Waals surface area contributed by atoms with Crippen LogP contribution in [0.15, 0.2) is 30.3 Å². The number of esters is 1. The highest BCUT2D eigenvalue weighted by molar-refractivity contribution is 6.42. The first-order chi connectivity index (χ1) is 12.5. The molecule has 1 aliphatic rings. The SMILES string of the molecule is CCc1ccc(C2CCN(c3ccc(Cl)c(Cl)c3)C2)c(F)c1C(=O)OC. The van der Waals surface area contributed by atoms with Crippen LogP contribution in [0.4, 0.5) is 10.1 Å². The number of carbonyl (C=O) groups is 1. The summed E-state index contributed by atoms with van der Waals surface area (Å²) in [5.74, 6) is -1.09. The molecule has 26 heavy (non-hydrogen) atoms. The molecule has 3 rings (SSSR count). The lowest BCUT2D eigenvalue weighted by Crippen LogP contribution is -2.20. The predicted molar refractivity (Wildman–Crippen MR) is 103 cm³/mol. The van der Waals surface area contributed by atoms with Crippen molar-refractivity contribution in [3.63, 3.8) is 0 Å². The van der Waals surface area contributed by atoms with Crippen molar-refractivity contribution in [3.05, 3.63) is 62.9 Å². The molecule has 6 heteroatoms. The molecule has 1 saturated heterocycles. The molecule has 2 aromatic carbocycles. The minimum absolute atomic E-state index is 0.00114. The monoisotopic (exact) mass is 395 g/mol. The molecule has 2 aromatic rings. The van der Waals surface area contributed by atoms with Crippen molar-refractivity contribution in [1.29, 1.82) is 0 Å². The zero-order valence-corrected chi connectivity index (χ0v) is 16.2. The van der Waals surface area contributed by atoms with Gasteiger partial charge in [-0.15, -0.1) is 0 Å². The summed E-state index contributed by atoms with van der Waals surface area (Å²) < 4.78 is 19.9. The van der Waals surface area contributed by atoms with E-state index in [9.17, 15) is 4.79 Å². The highest BCUT2D eigenvalue weighted by Gasteiger charge is 2.29. The van der Waals surface area contributed by atoms with Gasteiger partial charge in [0.05, 0.1) is 22.7 Å². The van der Waals surface area contributed by atoms with Crippen LogP contribution in [0.5, 0.6) is 0 Å². The molecule has 0 spiro atoms. The molecule has 1 atom stereocenters. The lowest BCUT2D eigenvalue weighted by atomic mass is 9.92. The molecule has 3 nitrogen and oxygen atoms in total. The lowest BCUT2D eigenvalue weighted by molar-refractivity contribution is 0.0594. The van der Waals surface area contributed by atoms with Gasteiger partial charge in [0.15, 0.2) is 0 Å². The van der Waals surface area contributed by atoms with E-state index in [1.807, 2.05) is 25.1 Å². The van der Waals surface area contributed by atoms with Crippen molar-refractivity contribution >= 4 is 34.9 Å². The summed E-state index contributed by atoms with van der Waals surface area (Å²) in [5.41, 5.74) is 2.24. The number of aryl methyl sites for hydroxylation is 1. The van der Waals surface area contributed by atoms with E-state index in [-0.39, 0.29) is 11.5 Å². The molecule has 0 radical (unpaired) electrons. The molecule has 1 aliphatic heterocycles. The smallest absolute Gasteiger partial charge is 0.341 e. The second-order valence-corrected chi connectivity index (χ2v) is 7.19. The Morgan fingerprint density at radius 1 is 1.27 bits per heavy atom. The van der Waals surface area contributed by atoms with Crippen molar-refractivity contribution in [2.75, 3.05) is 25.1 Å². The fourth-order valence-electron chi connectivity index (χ4n) is 3.50. The number of anilines is 1. The van der Waals surface area contributed by atoms with Gasteiger partial charge in [0.2, 0.25) is 0 Å². The van der Waals surface area contributed by atoms with Crippen molar-refractivity contribution in [3.8, 4) is 0 Å². The highest BCUT2D eigenvalue weighted by atomic mass is 35.5. The molecular weight excluding hydrogens is 376 g/mol. The Hall–Kier alpha value is -1.78. The van der Waals surface area contributed by atoms with Gasteiger partial charge in [-0.1, -0.05) is 42.3 Å². The third-order valence-corrected chi connectivity index (χ3v) is 5.66. The summed E-state index contributed by atoms with van der Waals surface area (Å²) in [5, 5.41) is 1.01. The molecular formula is C20H20Cl2FNO2. The predicted octanol–water partition coefficient (Wildman–Crippen LogP) is 5.48. The molecule has 0 amide bonds. The molecule has 0 saturated carbocycles. The van der Waals surface area contributed by atoms with Crippen molar-refractivity contribution in [2.24, 2.45) is 0 Å². The zero-order valence-electron chi connectivity index (χ0n) is 14.7. The van der Waals surface area contributed by atoms with Crippen LogP contribution in [-0.2, 0) is 11.2 Å². The third kappa shape index (κ3) is 3.53. The summed E-state index contributed by atoms with van der Waals surface area (Å²) in [7, 11) is 1.27. The number of ether oxygens (including phenoxy) is 1. The maximum absolute atomic E-state index is 15.1. The fourth-order valence-corrected chi connectivity index (χ4v) is 3.79. The number of hydrogen-bond acceptors (Lipinski definition) is 3. The van der Waals surface area contributed by atoms with E-state index in [4.69, 9.17) is 27.9 Å². The molecule has 0 aliphatic carbocycles. The van der Waals surface area contributed by atoms with Crippen LogP contribution >= 0.6 is 23.2 Å². The van der Waals surface area contributed by atoms with Gasteiger partial charge in [0.1, 0.15) is 5.82 Å². The zero-order chi connectivity index (χ0) is 18.8. The van der Waals surface area contributed by atoms with Gasteiger partial charge in [-0.05, 0) is 42.2 Å². The minimum Gasteiger partial charge on any atom is -0.465 e. The Morgan fingerprint density at radius 2 is 2.04 bits per heavy atom. The number of methoxy groups -OCH3 is 1. The second-order valence-electron chi connectivity index (χ2n) is 6.38. The van der Waals surface area contributed by atoms with Gasteiger partial charge in [0.25, 0.3) is 0 Å². The Bertz CT molecular complexity index is 841. The van der Waals surface area contributed by atoms with Crippen LogP contribution in [0.3, 0.4) is 0 Å². The molecule has 1 unspecified atom stereocenters. The van der Waals surface area contributed by atoms with E-state index < -0.39 is 11.8 Å². The van der Waals surface area contributed by atoms with E-state index in [0.29, 0.717) is 34.1 Å². The van der Waals surface area contributed by atoms with Crippen LogP contribution < -0.4 is 4.90 Å². The number of rotatable bonds is 4. The van der Waals surface area contributed by atoms with Crippen molar-refractivity contribution in [2.45, 2.75) is 25.7 Å². The normalized spacial score (nSPS) is 16.8. The average Bonchev–Trinajstić information content (AvgIpc) is 3.12. The lowest BCUT2D eigenvalue weighted by Gasteiger charge is -2.20. The largest absolute Gasteiger partial charge is 0.465 e. The van der Waals surface area contributed by atoms with Gasteiger partial charge in [0, 0.05) is 24.7 Å². The van der Waals surface area contributed by atoms with Crippen LogP contribution in [0.1, 0.15) is 40.7 Å². The molecule has 1 heterocycles. The summed E-state index contributed by atoms with van der Waals surface area (Å²) in [6.45, 7) is 3.33. The van der Waals surface area contributed by atoms with Gasteiger partial charge in [-0.2, -0.15) is 0 Å². The minimum atomic E-state index is -0.625. The molecule has 0 bridgehead atoms. The first-order valence-corrected chi connectivity index (χ1v) is 9.31. The molecule has 138 valence electrons. The van der Waals surface area contributed by atoms with Crippen molar-refractivity contribution < 1.29 is 13.9 Å². The molecule has 1 fully saturated rings. The summed E-state index contributed by atoms with van der Waals surface area (Å²) in [6, 6.07) is 9.12. The van der Waals surface area contributed by atoms with Crippen LogP contribution in [0.25, 0.3) is 0 Å². The number of hydrogen-bond donors (Lipinski definition) is 0. The van der Waals surface area contributed by atoms with E-state index >= 15 is 4.39 Å². The second kappa shape index (κ2) is 7.85. The molecule has 0 N–H and O–H groups in total. The third-order valence-electron chi connectivity index (χ3n) is 4.92. The van der Waals surface area contributed by atoms with Crippen LogP contribution in [-0.4, -0.2) is 26.2 Å². The van der Waals surface area contributed by atoms with E-state index in [1.165, 1.54) is 7.11 Å². The Balaban J connectivity index is 1.88. The van der Waals surface area contributed by atoms with Gasteiger partial charge in [-0.25, -0.2) is 9.18 Å². The van der Waals surface area contributed by atoms with Gasteiger partial charge < -0.3 is 9.64 Å². The van der Waals surface area contributed by atoms with E-state index in [2.05, 4.69) is 4.90 Å². The fraction of sp³-hybridized carbons (Fsp3) is 0.350. The number of halogens is 3. The van der Waals surface area contributed by atoms with Crippen molar-refractivity contribution in [1.82, 2.24) is 0 Å². The standard InChI is InChI=1S/C20H20Cl2FNO2/c1-3-12-4-6-15(19(23)18(12)20(25)26-2)13-8-9-24(11-13)14-5-7-16(21)17(22)10-14/h4-7,10,13H,3,8-9,11H2,1-2H3. The number of carbonyl (C=O) groups excluding carboxylic acids is 1. The highest BCUT2D eigenvalue weighted by Crippen LogP contribution is 2.36. The summed E-state index contributed by atoms with van der Waals surface area (Å²) in [4.78, 5) is 14.2. The first kappa shape index (κ1) is 19.0. The first-order valence-electron chi connectivity index (χ1n) is 8.55. The van der Waals surface area contributed by atoms with Gasteiger partial charge >= 0.3 is 5.97 Å². The maximum atomic E-state index is 15.1. The Kier molecular flexibility index (Phi) is 5.73. The quantitative estimate of drug-likeness (QED) is 0.642. The van der Waals surface area contributed by atoms with Crippen LogP contribution in [0.2, 0.25) is 10.0 Å². The Labute approximate surface area is 162 Å². The maximum Gasteiger partial charge on any atom is 0.341 e. The Morgan fingerprint density at radius 3 is 2.69 bits per heavy atom. The summed E-state index contributed by atoms with van der Waals surface area (Å²) >= 11 is 12.1. The topological polar surface area (TPSA) is 29.5 Å². The van der Waals surface area contributed by atoms with E-state index in [0.717, 1.165) is 18.7 Å². The van der Waals surface area contributed by atoms with Gasteiger partial charge in [-0.3, -0.25) is 0 Å². The summed E-state index contributed by atoms with van der Waals surface area (Å²) in [6.07, 6.45) is 1.37. The van der Waals surface area contributed by atoms with E-state index in [1.54, 1.807) is 12.1 Å². The van der Waals surface area contributed by atoms with Crippen LogP contribution in [0, 0.1) is 5.82 Å². The number of nitrogens with zero attached hydrogens (tertiary/aromatic N) is 1. The number of benzene rings is 2. The molecule has 0 aromatic heterocycles.